The van der Waals surface area contributed by atoms with Gasteiger partial charge in [0, 0.05) is 11.1 Å². The Kier molecular flexibility index (Phi) is 5.62. The molecule has 2 aromatic carbocycles. The highest BCUT2D eigenvalue weighted by Crippen LogP contribution is 2.27. The predicted molar refractivity (Wildman–Crippen MR) is 99.3 cm³/mol. The van der Waals surface area contributed by atoms with Crippen LogP contribution in [-0.2, 0) is 0 Å². The van der Waals surface area contributed by atoms with E-state index >= 15 is 0 Å². The first kappa shape index (κ1) is 17.9. The number of benzene rings is 2. The molecule has 0 spiro atoms. The van der Waals surface area contributed by atoms with Gasteiger partial charge in [-0.3, -0.25) is 0 Å². The maximum absolute atomic E-state index is 9.56. The Bertz CT molecular complexity index is 910. The number of oxime groups is 1. The van der Waals surface area contributed by atoms with Crippen molar-refractivity contribution in [2.24, 2.45) is 5.16 Å². The van der Waals surface area contributed by atoms with Crippen LogP contribution in [0.1, 0.15) is 11.3 Å². The Morgan fingerprint density at radius 3 is 2.48 bits per heavy atom. The van der Waals surface area contributed by atoms with E-state index in [1.165, 1.54) is 12.3 Å². The van der Waals surface area contributed by atoms with Crippen molar-refractivity contribution in [3.8, 4) is 11.5 Å². The van der Waals surface area contributed by atoms with Gasteiger partial charge in [-0.25, -0.2) is 4.98 Å². The van der Waals surface area contributed by atoms with Crippen molar-refractivity contribution in [1.82, 2.24) is 4.98 Å². The topological polar surface area (TPSA) is 127 Å². The molecule has 0 atom stereocenters. The molecule has 1 heterocycles. The lowest BCUT2D eigenvalue weighted by molar-refractivity contribution is 0.321. The standard InChI is InChI=1S/C10H9N3O2.C8H11NO/c11-8-3-4-9(14)10-7(8)2-1-6(13-10)5-12-15;1-6-3-4-8(10-2)7(9)5-6/h1-5,14-15H,11H2;3-5H,9H2,1-2H3/b12-5+;. The molecule has 0 aliphatic rings. The Morgan fingerprint density at radius 2 is 1.84 bits per heavy atom. The fourth-order valence-electron chi connectivity index (χ4n) is 2.22. The summed E-state index contributed by atoms with van der Waals surface area (Å²) in [5, 5.41) is 21.5. The van der Waals surface area contributed by atoms with Crippen molar-refractivity contribution >= 4 is 28.5 Å². The van der Waals surface area contributed by atoms with Gasteiger partial charge in [-0.15, -0.1) is 0 Å². The van der Waals surface area contributed by atoms with Gasteiger partial charge in [0.15, 0.2) is 0 Å². The first-order valence-electron chi connectivity index (χ1n) is 7.42. The minimum atomic E-state index is 0.0485. The summed E-state index contributed by atoms with van der Waals surface area (Å²) >= 11 is 0. The van der Waals surface area contributed by atoms with Gasteiger partial charge >= 0.3 is 0 Å². The van der Waals surface area contributed by atoms with Crippen molar-refractivity contribution in [3.63, 3.8) is 0 Å². The fourth-order valence-corrected chi connectivity index (χ4v) is 2.22. The third kappa shape index (κ3) is 4.29. The van der Waals surface area contributed by atoms with Crippen molar-refractivity contribution in [2.75, 3.05) is 18.6 Å². The molecule has 0 radical (unpaired) electrons. The van der Waals surface area contributed by atoms with Gasteiger partial charge in [-0.05, 0) is 48.9 Å². The normalized spacial score (nSPS) is 10.5. The largest absolute Gasteiger partial charge is 0.506 e. The number of hydrogen-bond donors (Lipinski definition) is 4. The third-order valence-electron chi connectivity index (χ3n) is 3.47. The van der Waals surface area contributed by atoms with E-state index in [1.807, 2.05) is 25.1 Å². The van der Waals surface area contributed by atoms with Crippen LogP contribution in [0.2, 0.25) is 0 Å². The van der Waals surface area contributed by atoms with E-state index in [-0.39, 0.29) is 5.75 Å². The van der Waals surface area contributed by atoms with Gasteiger partial charge in [0.05, 0.1) is 24.7 Å². The molecule has 0 amide bonds. The van der Waals surface area contributed by atoms with Gasteiger partial charge in [-0.2, -0.15) is 0 Å². The predicted octanol–water partition coefficient (Wildman–Crippen LogP) is 2.92. The monoisotopic (exact) mass is 340 g/mol. The number of anilines is 2. The fraction of sp³-hybridized carbons (Fsp3) is 0.111. The molecule has 3 aromatic rings. The maximum Gasteiger partial charge on any atom is 0.141 e. The Hall–Kier alpha value is -3.48. The van der Waals surface area contributed by atoms with Crippen molar-refractivity contribution in [3.05, 3.63) is 53.7 Å². The van der Waals surface area contributed by atoms with Gasteiger partial charge in [0.1, 0.15) is 17.0 Å². The second kappa shape index (κ2) is 7.87. The number of hydrogen-bond acceptors (Lipinski definition) is 7. The van der Waals surface area contributed by atoms with E-state index in [4.69, 9.17) is 21.4 Å². The molecule has 7 heteroatoms. The molecular weight excluding hydrogens is 320 g/mol. The highest BCUT2D eigenvalue weighted by Gasteiger charge is 2.05. The Labute approximate surface area is 145 Å². The number of ether oxygens (including phenoxy) is 1. The molecular formula is C18H20N4O3. The Balaban J connectivity index is 0.000000196. The molecule has 6 N–H and O–H groups in total. The van der Waals surface area contributed by atoms with Gasteiger partial charge in [0.25, 0.3) is 0 Å². The number of aromatic hydroxyl groups is 1. The molecule has 7 nitrogen and oxygen atoms in total. The number of aryl methyl sites for hydroxylation is 1. The van der Waals surface area contributed by atoms with Crippen LogP contribution in [0.4, 0.5) is 11.4 Å². The van der Waals surface area contributed by atoms with Crippen LogP contribution in [0.5, 0.6) is 11.5 Å². The summed E-state index contributed by atoms with van der Waals surface area (Å²) in [4.78, 5) is 4.09. The molecule has 25 heavy (non-hydrogen) atoms. The van der Waals surface area contributed by atoms with Crippen molar-refractivity contribution in [1.29, 1.82) is 0 Å². The molecule has 0 aliphatic heterocycles. The van der Waals surface area contributed by atoms with Crippen LogP contribution in [0.15, 0.2) is 47.6 Å². The summed E-state index contributed by atoms with van der Waals surface area (Å²) in [6.45, 7) is 2.00. The summed E-state index contributed by atoms with van der Waals surface area (Å²) in [5.41, 5.74) is 14.6. The second-order valence-electron chi connectivity index (χ2n) is 5.30. The summed E-state index contributed by atoms with van der Waals surface area (Å²) in [7, 11) is 1.61. The molecule has 0 unspecified atom stereocenters. The summed E-state index contributed by atoms with van der Waals surface area (Å²) in [6, 6.07) is 12.2. The molecule has 0 fully saturated rings. The first-order chi connectivity index (χ1) is 12.0. The van der Waals surface area contributed by atoms with Crippen LogP contribution < -0.4 is 16.2 Å². The van der Waals surface area contributed by atoms with Crippen LogP contribution in [0.3, 0.4) is 0 Å². The first-order valence-corrected chi connectivity index (χ1v) is 7.42. The lowest BCUT2D eigenvalue weighted by Gasteiger charge is -2.03. The van der Waals surface area contributed by atoms with Gasteiger partial charge in [0.2, 0.25) is 0 Å². The zero-order chi connectivity index (χ0) is 18.4. The van der Waals surface area contributed by atoms with E-state index < -0.39 is 0 Å². The van der Waals surface area contributed by atoms with Gasteiger partial charge in [-0.1, -0.05) is 11.2 Å². The van der Waals surface area contributed by atoms with E-state index in [0.29, 0.717) is 28.0 Å². The maximum atomic E-state index is 9.56. The number of pyridine rings is 1. The van der Waals surface area contributed by atoms with Crippen LogP contribution in [0.25, 0.3) is 10.9 Å². The highest BCUT2D eigenvalue weighted by molar-refractivity contribution is 5.95. The molecule has 0 bridgehead atoms. The number of phenolic OH excluding ortho intramolecular Hbond substituents is 1. The number of nitrogen functional groups attached to an aromatic ring is 2. The van der Waals surface area contributed by atoms with Crippen LogP contribution in [0, 0.1) is 6.92 Å². The number of rotatable bonds is 2. The number of nitrogens with two attached hydrogens (primary N) is 2. The quantitative estimate of drug-likeness (QED) is 0.187. The lowest BCUT2D eigenvalue weighted by Crippen LogP contribution is -1.92. The van der Waals surface area contributed by atoms with Crippen LogP contribution in [-0.4, -0.2) is 28.6 Å². The number of nitrogens with zero attached hydrogens (tertiary/aromatic N) is 2. The van der Waals surface area contributed by atoms with E-state index in [0.717, 1.165) is 11.3 Å². The number of fused-ring (bicyclic) bond motifs is 1. The molecule has 1 aromatic heterocycles. The van der Waals surface area contributed by atoms with E-state index in [1.54, 1.807) is 25.3 Å². The zero-order valence-corrected chi connectivity index (χ0v) is 14.0. The smallest absolute Gasteiger partial charge is 0.141 e. The minimum Gasteiger partial charge on any atom is -0.506 e. The SMILES string of the molecule is COc1ccc(C)cc1N.Nc1ccc(O)c2nc(/C=N/O)ccc12. The van der Waals surface area contributed by atoms with Crippen LogP contribution >= 0.6 is 0 Å². The zero-order valence-electron chi connectivity index (χ0n) is 14.0. The molecule has 0 saturated heterocycles. The highest BCUT2D eigenvalue weighted by atomic mass is 16.5. The summed E-state index contributed by atoms with van der Waals surface area (Å²) in [6.07, 6.45) is 1.18. The lowest BCUT2D eigenvalue weighted by atomic mass is 10.1. The average molecular weight is 340 g/mol. The summed E-state index contributed by atoms with van der Waals surface area (Å²) < 4.78 is 4.97. The third-order valence-corrected chi connectivity index (χ3v) is 3.47. The van der Waals surface area contributed by atoms with E-state index in [2.05, 4.69) is 10.1 Å². The summed E-state index contributed by atoms with van der Waals surface area (Å²) in [5.74, 6) is 0.790. The molecule has 3 rings (SSSR count). The molecule has 0 aliphatic carbocycles. The van der Waals surface area contributed by atoms with Crippen molar-refractivity contribution in [2.45, 2.75) is 6.92 Å². The van der Waals surface area contributed by atoms with Gasteiger partial charge < -0.3 is 26.5 Å². The second-order valence-corrected chi connectivity index (χ2v) is 5.30. The van der Waals surface area contributed by atoms with E-state index in [9.17, 15) is 5.11 Å². The van der Waals surface area contributed by atoms with Crippen molar-refractivity contribution < 1.29 is 15.1 Å². The minimum absolute atomic E-state index is 0.0485. The Morgan fingerprint density at radius 1 is 1.08 bits per heavy atom. The number of aromatic nitrogens is 1. The molecule has 0 saturated carbocycles. The molecule has 130 valence electrons. The number of phenols is 1. The average Bonchev–Trinajstić information content (AvgIpc) is 2.59. The number of methoxy groups -OCH3 is 1.